The Hall–Kier alpha value is -2.96. The maximum atomic E-state index is 13.2. The lowest BCUT2D eigenvalue weighted by Gasteiger charge is -2.24. The molecule has 0 aromatic carbocycles. The smallest absolute Gasteiger partial charge is 0.306 e. The standard InChI is InChI=1S/C61H107NO5/c1-4-7-10-13-16-19-22-25-27-29-31-33-36-39-42-45-48-51-54-61(66)67-57(52-49-46-43-40-37-34-24-21-18-15-12-9-6-3)55-60(65)62-58(56-63)59(64)53-50-47-44-41-38-35-32-30-28-26-23-20-17-14-11-8-5-2/h9,12,15,18,21,24,27,29,31,33-34,37,40,43,57-59,63-64H,4-8,10-11,13-14,16-17,19-20,22-23,25-26,28,30,32,35-36,38-39,41-42,44-56H2,1-3H3,(H,62,65)/b12-9+,18-15+,24-21-,29-27+,33-31+,37-34-,43-40+. The molecule has 3 unspecified atom stereocenters. The van der Waals surface area contributed by atoms with Gasteiger partial charge in [0.15, 0.2) is 0 Å². The molecule has 0 spiro atoms. The first-order valence-corrected chi connectivity index (χ1v) is 28.4. The third-order valence-corrected chi connectivity index (χ3v) is 12.6. The number of carbonyl (C=O) groups is 2. The van der Waals surface area contributed by atoms with E-state index in [0.29, 0.717) is 19.3 Å². The van der Waals surface area contributed by atoms with Crippen LogP contribution in [-0.2, 0) is 14.3 Å². The molecule has 67 heavy (non-hydrogen) atoms. The Morgan fingerprint density at radius 3 is 1.27 bits per heavy atom. The Kier molecular flexibility index (Phi) is 51.6. The summed E-state index contributed by atoms with van der Waals surface area (Å²) in [6.07, 6.45) is 70.8. The Morgan fingerprint density at radius 1 is 0.448 bits per heavy atom. The summed E-state index contributed by atoms with van der Waals surface area (Å²) in [6, 6.07) is -0.733. The molecule has 0 saturated heterocycles. The fraction of sp³-hybridized carbons (Fsp3) is 0.738. The summed E-state index contributed by atoms with van der Waals surface area (Å²) in [6.45, 7) is 6.33. The molecule has 0 saturated carbocycles. The van der Waals surface area contributed by atoms with Crippen LogP contribution < -0.4 is 5.32 Å². The van der Waals surface area contributed by atoms with Crippen LogP contribution in [0.25, 0.3) is 0 Å². The van der Waals surface area contributed by atoms with Gasteiger partial charge >= 0.3 is 5.97 Å². The van der Waals surface area contributed by atoms with E-state index in [-0.39, 0.29) is 24.9 Å². The largest absolute Gasteiger partial charge is 0.462 e. The highest BCUT2D eigenvalue weighted by molar-refractivity contribution is 5.77. The maximum Gasteiger partial charge on any atom is 0.306 e. The lowest BCUT2D eigenvalue weighted by Crippen LogP contribution is -2.46. The van der Waals surface area contributed by atoms with E-state index in [1.54, 1.807) is 0 Å². The second-order valence-electron chi connectivity index (χ2n) is 19.1. The second-order valence-corrected chi connectivity index (χ2v) is 19.1. The highest BCUT2D eigenvalue weighted by Crippen LogP contribution is 2.17. The van der Waals surface area contributed by atoms with Gasteiger partial charge in [-0.2, -0.15) is 0 Å². The number of hydrogen-bond donors (Lipinski definition) is 3. The van der Waals surface area contributed by atoms with E-state index < -0.39 is 18.2 Å². The van der Waals surface area contributed by atoms with Crippen LogP contribution in [-0.4, -0.2) is 46.9 Å². The van der Waals surface area contributed by atoms with Gasteiger partial charge < -0.3 is 20.3 Å². The summed E-state index contributed by atoms with van der Waals surface area (Å²) in [5.41, 5.74) is 0. The summed E-state index contributed by atoms with van der Waals surface area (Å²) in [5, 5.41) is 23.8. The summed E-state index contributed by atoms with van der Waals surface area (Å²) in [4.78, 5) is 26.2. The summed E-state index contributed by atoms with van der Waals surface area (Å²) in [7, 11) is 0. The molecule has 0 bridgehead atoms. The Balaban J connectivity index is 4.62. The number of unbranched alkanes of at least 4 members (excludes halogenated alkanes) is 29. The molecule has 0 aliphatic heterocycles. The summed E-state index contributed by atoms with van der Waals surface area (Å²) >= 11 is 0. The summed E-state index contributed by atoms with van der Waals surface area (Å²) in [5.74, 6) is -0.563. The van der Waals surface area contributed by atoms with Gasteiger partial charge in [0.25, 0.3) is 0 Å². The number of esters is 1. The maximum absolute atomic E-state index is 13.2. The van der Waals surface area contributed by atoms with Gasteiger partial charge in [0, 0.05) is 6.42 Å². The van der Waals surface area contributed by atoms with E-state index in [9.17, 15) is 19.8 Å². The van der Waals surface area contributed by atoms with Crippen LogP contribution in [0.3, 0.4) is 0 Å². The molecule has 0 radical (unpaired) electrons. The van der Waals surface area contributed by atoms with Crippen molar-refractivity contribution < 1.29 is 24.5 Å². The Bertz CT molecular complexity index is 1280. The molecule has 3 N–H and O–H groups in total. The number of aliphatic hydroxyl groups is 2. The van der Waals surface area contributed by atoms with Crippen LogP contribution in [0.15, 0.2) is 85.1 Å². The Labute approximate surface area is 414 Å². The van der Waals surface area contributed by atoms with E-state index in [2.05, 4.69) is 62.5 Å². The molecule has 0 heterocycles. The third kappa shape index (κ3) is 49.3. The minimum absolute atomic E-state index is 0.0191. The van der Waals surface area contributed by atoms with E-state index >= 15 is 0 Å². The van der Waals surface area contributed by atoms with Crippen molar-refractivity contribution >= 4 is 11.9 Å². The van der Waals surface area contributed by atoms with Crippen LogP contribution in [0, 0.1) is 0 Å². The fourth-order valence-corrected chi connectivity index (χ4v) is 8.33. The lowest BCUT2D eigenvalue weighted by atomic mass is 10.0. The minimum atomic E-state index is -0.814. The fourth-order valence-electron chi connectivity index (χ4n) is 8.33. The van der Waals surface area contributed by atoms with Crippen molar-refractivity contribution in [2.75, 3.05) is 6.61 Å². The molecule has 1 amide bonds. The van der Waals surface area contributed by atoms with Crippen LogP contribution in [0.5, 0.6) is 0 Å². The minimum Gasteiger partial charge on any atom is -0.462 e. The molecule has 0 aliphatic rings. The molecule has 0 aliphatic carbocycles. The number of rotatable bonds is 50. The number of nitrogens with one attached hydrogen (secondary N) is 1. The third-order valence-electron chi connectivity index (χ3n) is 12.6. The Morgan fingerprint density at radius 2 is 0.821 bits per heavy atom. The predicted molar refractivity (Wildman–Crippen MR) is 291 cm³/mol. The number of aliphatic hydroxyl groups excluding tert-OH is 2. The molecular weight excluding hydrogens is 827 g/mol. The quantitative estimate of drug-likeness (QED) is 0.0321. The van der Waals surface area contributed by atoms with E-state index in [0.717, 1.165) is 77.0 Å². The number of carbonyl (C=O) groups excluding carboxylic acids is 2. The molecule has 6 heteroatoms. The topological polar surface area (TPSA) is 95.9 Å². The van der Waals surface area contributed by atoms with Crippen LogP contribution in [0.1, 0.15) is 265 Å². The molecule has 6 nitrogen and oxygen atoms in total. The SMILES string of the molecule is CC/C=C/C=C/C=C\C=C/C=C/CCCC(CC(=O)NC(CO)C(O)CCCCCCCCCCCCCCCCCCC)OC(=O)CCCCCCC/C=C/C=C/CCCCCCCCC. The van der Waals surface area contributed by atoms with Crippen LogP contribution in [0.2, 0.25) is 0 Å². The van der Waals surface area contributed by atoms with Crippen LogP contribution >= 0.6 is 0 Å². The zero-order valence-electron chi connectivity index (χ0n) is 44.0. The average Bonchev–Trinajstić information content (AvgIpc) is 3.32. The first kappa shape index (κ1) is 64.0. The normalized spacial score (nSPS) is 13.8. The van der Waals surface area contributed by atoms with Gasteiger partial charge in [0.05, 0.1) is 25.2 Å². The first-order chi connectivity index (χ1) is 33.0. The number of allylic oxidation sites excluding steroid dienone is 14. The van der Waals surface area contributed by atoms with E-state index in [4.69, 9.17) is 4.74 Å². The van der Waals surface area contributed by atoms with Crippen molar-refractivity contribution in [2.45, 2.75) is 283 Å². The highest BCUT2D eigenvalue weighted by atomic mass is 16.5. The van der Waals surface area contributed by atoms with Crippen molar-refractivity contribution in [2.24, 2.45) is 0 Å². The molecule has 0 fully saturated rings. The van der Waals surface area contributed by atoms with E-state index in [1.807, 2.05) is 48.6 Å². The highest BCUT2D eigenvalue weighted by Gasteiger charge is 2.24. The number of hydrogen-bond acceptors (Lipinski definition) is 5. The van der Waals surface area contributed by atoms with Gasteiger partial charge in [-0.25, -0.2) is 0 Å². The molecule has 386 valence electrons. The first-order valence-electron chi connectivity index (χ1n) is 28.4. The van der Waals surface area contributed by atoms with Gasteiger partial charge in [-0.15, -0.1) is 0 Å². The van der Waals surface area contributed by atoms with Gasteiger partial charge in [-0.1, -0.05) is 273 Å². The van der Waals surface area contributed by atoms with Gasteiger partial charge in [0.2, 0.25) is 5.91 Å². The summed E-state index contributed by atoms with van der Waals surface area (Å²) < 4.78 is 5.90. The lowest BCUT2D eigenvalue weighted by molar-refractivity contribution is -0.151. The van der Waals surface area contributed by atoms with Gasteiger partial charge in [0.1, 0.15) is 6.10 Å². The monoisotopic (exact) mass is 934 g/mol. The van der Waals surface area contributed by atoms with Crippen molar-refractivity contribution in [3.8, 4) is 0 Å². The zero-order chi connectivity index (χ0) is 48.8. The second kappa shape index (κ2) is 54.0. The van der Waals surface area contributed by atoms with Crippen molar-refractivity contribution in [1.29, 1.82) is 0 Å². The number of ether oxygens (including phenoxy) is 1. The zero-order valence-corrected chi connectivity index (χ0v) is 44.0. The van der Waals surface area contributed by atoms with Gasteiger partial charge in [-0.3, -0.25) is 9.59 Å². The van der Waals surface area contributed by atoms with Gasteiger partial charge in [-0.05, 0) is 64.2 Å². The molecule has 0 rings (SSSR count). The van der Waals surface area contributed by atoms with Crippen molar-refractivity contribution in [1.82, 2.24) is 5.32 Å². The van der Waals surface area contributed by atoms with Crippen molar-refractivity contribution in [3.63, 3.8) is 0 Å². The van der Waals surface area contributed by atoms with Crippen molar-refractivity contribution in [3.05, 3.63) is 85.1 Å². The van der Waals surface area contributed by atoms with Crippen LogP contribution in [0.4, 0.5) is 0 Å². The predicted octanol–water partition coefficient (Wildman–Crippen LogP) is 17.5. The molecule has 0 aromatic heterocycles. The van der Waals surface area contributed by atoms with E-state index in [1.165, 1.54) is 141 Å². The molecular formula is C61H107NO5. The molecule has 0 aromatic rings. The molecule has 3 atom stereocenters. The average molecular weight is 935 g/mol. The number of amides is 1.